The molecule has 0 unspecified atom stereocenters. The Bertz CT molecular complexity index is 1090. The van der Waals surface area contributed by atoms with Crippen LogP contribution in [-0.2, 0) is 6.18 Å². The zero-order valence-electron chi connectivity index (χ0n) is 16.7. The molecule has 0 bridgehead atoms. The average Bonchev–Trinajstić information content (AvgIpc) is 3.19. The smallest absolute Gasteiger partial charge is 0.371 e. The third-order valence-electron chi connectivity index (χ3n) is 5.74. The maximum atomic E-state index is 13.4. The molecule has 1 amide bonds. The number of nitrogens with zero attached hydrogens (tertiary/aromatic N) is 2. The molecule has 1 aliphatic carbocycles. The third-order valence-corrected chi connectivity index (χ3v) is 6.97. The summed E-state index contributed by atoms with van der Waals surface area (Å²) >= 11 is 7.14. The number of pyridine rings is 1. The van der Waals surface area contributed by atoms with E-state index in [1.165, 1.54) is 11.3 Å². The van der Waals surface area contributed by atoms with Crippen LogP contribution in [0.1, 0.15) is 41.0 Å². The molecule has 4 rings (SSSR count). The highest BCUT2D eigenvalue weighted by Gasteiger charge is 2.34. The monoisotopic (exact) mass is 467 g/mol. The molecule has 9 heteroatoms. The fourth-order valence-electron chi connectivity index (χ4n) is 4.09. The molecule has 0 atom stereocenters. The van der Waals surface area contributed by atoms with Crippen LogP contribution in [0.2, 0.25) is 4.34 Å². The zero-order valence-corrected chi connectivity index (χ0v) is 18.3. The summed E-state index contributed by atoms with van der Waals surface area (Å²) in [6.45, 7) is 0. The van der Waals surface area contributed by atoms with Gasteiger partial charge in [-0.1, -0.05) is 29.8 Å². The van der Waals surface area contributed by atoms with Crippen molar-refractivity contribution >= 4 is 45.4 Å². The van der Waals surface area contributed by atoms with Crippen LogP contribution in [0.4, 0.5) is 18.9 Å². The first-order valence-electron chi connectivity index (χ1n) is 9.98. The van der Waals surface area contributed by atoms with Gasteiger partial charge in [0.1, 0.15) is 5.69 Å². The van der Waals surface area contributed by atoms with Crippen LogP contribution in [0, 0.1) is 0 Å². The van der Waals surface area contributed by atoms with E-state index in [0.29, 0.717) is 25.8 Å². The quantitative estimate of drug-likeness (QED) is 0.501. The molecule has 2 aromatic heterocycles. The van der Waals surface area contributed by atoms with Crippen LogP contribution >= 0.6 is 22.9 Å². The number of alkyl halides is 3. The second-order valence-corrected chi connectivity index (χ2v) is 9.45. The lowest BCUT2D eigenvalue weighted by Gasteiger charge is -2.36. The van der Waals surface area contributed by atoms with Crippen LogP contribution in [0.15, 0.2) is 42.5 Å². The number of anilines is 1. The number of halogens is 4. The average molecular weight is 468 g/mol. The Hall–Kier alpha value is -2.32. The number of amides is 1. The Morgan fingerprint density at radius 3 is 2.52 bits per heavy atom. The number of nitrogens with one attached hydrogen (secondary N) is 1. The number of carbonyl (C=O) groups excluding carboxylic acids is 1. The van der Waals surface area contributed by atoms with Gasteiger partial charge in [-0.15, -0.1) is 11.3 Å². The van der Waals surface area contributed by atoms with Crippen LogP contribution in [0.5, 0.6) is 0 Å². The number of fused-ring (bicyclic) bond motifs is 1. The lowest BCUT2D eigenvalue weighted by atomic mass is 9.89. The van der Waals surface area contributed by atoms with Gasteiger partial charge in [0, 0.05) is 30.2 Å². The van der Waals surface area contributed by atoms with E-state index < -0.39 is 11.9 Å². The number of hydrogen-bond acceptors (Lipinski definition) is 4. The molecule has 1 saturated carbocycles. The van der Waals surface area contributed by atoms with E-state index in [2.05, 4.69) is 10.3 Å². The first-order chi connectivity index (χ1) is 14.7. The van der Waals surface area contributed by atoms with Crippen molar-refractivity contribution < 1.29 is 18.0 Å². The summed E-state index contributed by atoms with van der Waals surface area (Å²) in [6, 6.07) is 11.5. The Kier molecular flexibility index (Phi) is 6.12. The van der Waals surface area contributed by atoms with Gasteiger partial charge in [-0.3, -0.25) is 4.79 Å². The van der Waals surface area contributed by atoms with Gasteiger partial charge in [0.15, 0.2) is 0 Å². The maximum Gasteiger partial charge on any atom is 0.433 e. The Morgan fingerprint density at radius 2 is 1.87 bits per heavy atom. The van der Waals surface area contributed by atoms with E-state index >= 15 is 0 Å². The molecule has 0 spiro atoms. The lowest BCUT2D eigenvalue weighted by molar-refractivity contribution is -0.140. The van der Waals surface area contributed by atoms with Crippen LogP contribution in [0.3, 0.4) is 0 Å². The summed E-state index contributed by atoms with van der Waals surface area (Å²) in [5.74, 6) is -0.136. The predicted octanol–water partition coefficient (Wildman–Crippen LogP) is 6.15. The minimum Gasteiger partial charge on any atom is -0.371 e. The first-order valence-corrected chi connectivity index (χ1v) is 11.2. The molecule has 1 fully saturated rings. The lowest BCUT2D eigenvalue weighted by Crippen LogP contribution is -2.42. The van der Waals surface area contributed by atoms with Crippen LogP contribution in [-0.4, -0.2) is 30.0 Å². The van der Waals surface area contributed by atoms with Crippen molar-refractivity contribution in [1.82, 2.24) is 10.3 Å². The Balaban J connectivity index is 1.48. The van der Waals surface area contributed by atoms with Gasteiger partial charge in [0.25, 0.3) is 5.91 Å². The first kappa shape index (κ1) is 21.9. The molecule has 1 aliphatic rings. The normalized spacial score (nSPS) is 19.4. The molecule has 0 aliphatic heterocycles. The van der Waals surface area contributed by atoms with Gasteiger partial charge in [-0.25, -0.2) is 4.98 Å². The van der Waals surface area contributed by atoms with Crippen molar-refractivity contribution in [2.45, 2.75) is 43.9 Å². The van der Waals surface area contributed by atoms with E-state index in [1.807, 2.05) is 11.9 Å². The molecule has 2 heterocycles. The highest BCUT2D eigenvalue weighted by atomic mass is 35.5. The summed E-state index contributed by atoms with van der Waals surface area (Å²) in [6.07, 6.45) is -1.45. The van der Waals surface area contributed by atoms with E-state index in [1.54, 1.807) is 36.4 Å². The van der Waals surface area contributed by atoms with Crippen molar-refractivity contribution in [3.63, 3.8) is 0 Å². The summed E-state index contributed by atoms with van der Waals surface area (Å²) in [5, 5.41) is 3.74. The van der Waals surface area contributed by atoms with Crippen LogP contribution in [0.25, 0.3) is 10.9 Å². The minimum atomic E-state index is -4.51. The van der Waals surface area contributed by atoms with Crippen molar-refractivity contribution in [3.8, 4) is 0 Å². The molecule has 164 valence electrons. The molecular formula is C22H21ClF3N3OS. The molecule has 1 N–H and O–H groups in total. The van der Waals surface area contributed by atoms with E-state index in [-0.39, 0.29) is 18.0 Å². The summed E-state index contributed by atoms with van der Waals surface area (Å²) in [7, 11) is 1.83. The van der Waals surface area contributed by atoms with Crippen molar-refractivity contribution in [1.29, 1.82) is 0 Å². The minimum absolute atomic E-state index is 0.0398. The van der Waals surface area contributed by atoms with Gasteiger partial charge in [-0.2, -0.15) is 13.2 Å². The number of aromatic nitrogens is 1. The summed E-state index contributed by atoms with van der Waals surface area (Å²) in [5.41, 5.74) is -0.0306. The molecule has 1 aromatic carbocycles. The maximum absolute atomic E-state index is 13.4. The van der Waals surface area contributed by atoms with E-state index in [9.17, 15) is 18.0 Å². The van der Waals surface area contributed by atoms with Gasteiger partial charge in [0.05, 0.1) is 14.7 Å². The third kappa shape index (κ3) is 4.80. The predicted molar refractivity (Wildman–Crippen MR) is 118 cm³/mol. The van der Waals surface area contributed by atoms with Crippen molar-refractivity contribution in [2.24, 2.45) is 0 Å². The molecule has 4 nitrogen and oxygen atoms in total. The second-order valence-electron chi connectivity index (χ2n) is 7.74. The van der Waals surface area contributed by atoms with E-state index in [0.717, 1.165) is 31.7 Å². The SMILES string of the molecule is CN(c1cc(C(F)(F)F)nc2ccccc12)[C@H]1CC[C@@H](NC(=O)c2ccc(Cl)s2)CC1. The summed E-state index contributed by atoms with van der Waals surface area (Å²) in [4.78, 5) is 18.7. The number of benzene rings is 1. The molecule has 0 radical (unpaired) electrons. The van der Waals surface area contributed by atoms with Gasteiger partial charge in [-0.05, 0) is 49.9 Å². The summed E-state index contributed by atoms with van der Waals surface area (Å²) < 4.78 is 40.7. The fraction of sp³-hybridized carbons (Fsp3) is 0.364. The molecule has 0 saturated heterocycles. The van der Waals surface area contributed by atoms with Gasteiger partial charge < -0.3 is 10.2 Å². The number of carbonyl (C=O) groups is 1. The van der Waals surface area contributed by atoms with E-state index in [4.69, 9.17) is 11.6 Å². The second kappa shape index (κ2) is 8.67. The number of thiophene rings is 1. The topological polar surface area (TPSA) is 45.2 Å². The van der Waals surface area contributed by atoms with Gasteiger partial charge >= 0.3 is 6.18 Å². The molecule has 31 heavy (non-hydrogen) atoms. The Morgan fingerprint density at radius 1 is 1.16 bits per heavy atom. The zero-order chi connectivity index (χ0) is 22.2. The largest absolute Gasteiger partial charge is 0.433 e. The fourth-order valence-corrected chi connectivity index (χ4v) is 5.04. The molecule has 3 aromatic rings. The number of para-hydroxylation sites is 1. The van der Waals surface area contributed by atoms with Crippen molar-refractivity contribution in [3.05, 3.63) is 57.4 Å². The van der Waals surface area contributed by atoms with Gasteiger partial charge in [0.2, 0.25) is 0 Å². The highest BCUT2D eigenvalue weighted by Crippen LogP contribution is 2.36. The van der Waals surface area contributed by atoms with Crippen LogP contribution < -0.4 is 10.2 Å². The van der Waals surface area contributed by atoms with Crippen molar-refractivity contribution in [2.75, 3.05) is 11.9 Å². The standard InChI is InChI=1S/C22H21ClF3N3OS/c1-29(17-12-19(22(24,25)26)28-16-5-3-2-4-15(16)17)14-8-6-13(7-9-14)27-21(30)18-10-11-20(23)31-18/h2-5,10-14H,6-9H2,1H3,(H,27,30)/t13-,14+. The molecular weight excluding hydrogens is 447 g/mol. The Labute approximate surface area is 187 Å². The highest BCUT2D eigenvalue weighted by molar-refractivity contribution is 7.18. The number of rotatable bonds is 4. The number of hydrogen-bond donors (Lipinski definition) is 1.